The molecule has 0 spiro atoms. The summed E-state index contributed by atoms with van der Waals surface area (Å²) in [6.07, 6.45) is 1.98. The Kier molecular flexibility index (Phi) is 5.07. The Morgan fingerprint density at radius 3 is 2.75 bits per heavy atom. The van der Waals surface area contributed by atoms with Gasteiger partial charge in [-0.25, -0.2) is 0 Å². The van der Waals surface area contributed by atoms with E-state index in [9.17, 15) is 9.90 Å². The van der Waals surface area contributed by atoms with Crippen LogP contribution in [0.1, 0.15) is 29.3 Å². The van der Waals surface area contributed by atoms with Gasteiger partial charge in [-0.05, 0) is 50.2 Å². The van der Waals surface area contributed by atoms with E-state index in [0.717, 1.165) is 42.1 Å². The number of carbonyl (C=O) groups excluding carboxylic acids is 1. The van der Waals surface area contributed by atoms with Crippen LogP contribution in [0.3, 0.4) is 0 Å². The largest absolute Gasteiger partial charge is 0.489 e. The zero-order valence-electron chi connectivity index (χ0n) is 16.1. The minimum Gasteiger partial charge on any atom is -0.489 e. The van der Waals surface area contributed by atoms with Crippen LogP contribution in [0.15, 0.2) is 48.7 Å². The minimum atomic E-state index is -0.980. The molecule has 1 amide bonds. The number of likely N-dealkylation sites (tertiary alicyclic amines) is 1. The molecule has 2 heterocycles. The maximum atomic E-state index is 12.4. The first kappa shape index (κ1) is 18.5. The minimum absolute atomic E-state index is 0.239. The second-order valence-electron chi connectivity index (χ2n) is 7.48. The van der Waals surface area contributed by atoms with Crippen LogP contribution in [0.5, 0.6) is 5.75 Å². The van der Waals surface area contributed by atoms with E-state index in [1.807, 2.05) is 49.4 Å². The maximum absolute atomic E-state index is 12.4. The number of aliphatic hydroxyl groups excluding tert-OH is 1. The molecule has 2 aliphatic rings. The number of aliphatic hydroxyl groups is 1. The van der Waals surface area contributed by atoms with Crippen LogP contribution in [0.25, 0.3) is 5.57 Å². The number of aryl methyl sites for hydroxylation is 1. The van der Waals surface area contributed by atoms with Gasteiger partial charge in [-0.3, -0.25) is 4.79 Å². The van der Waals surface area contributed by atoms with Crippen molar-refractivity contribution >= 4 is 17.2 Å². The van der Waals surface area contributed by atoms with Crippen LogP contribution < -0.4 is 15.4 Å². The molecule has 2 aromatic rings. The van der Waals surface area contributed by atoms with E-state index < -0.39 is 6.23 Å². The monoisotopic (exact) mass is 379 g/mol. The van der Waals surface area contributed by atoms with Crippen molar-refractivity contribution in [1.29, 1.82) is 0 Å². The fourth-order valence-corrected chi connectivity index (χ4v) is 3.66. The molecule has 0 saturated carbocycles. The van der Waals surface area contributed by atoms with Crippen molar-refractivity contribution < 1.29 is 14.6 Å². The summed E-state index contributed by atoms with van der Waals surface area (Å²) in [5, 5.41) is 15.9. The van der Waals surface area contributed by atoms with Crippen molar-refractivity contribution in [2.45, 2.75) is 25.7 Å². The van der Waals surface area contributed by atoms with E-state index in [-0.39, 0.29) is 12.0 Å². The van der Waals surface area contributed by atoms with E-state index in [1.165, 1.54) is 0 Å². The summed E-state index contributed by atoms with van der Waals surface area (Å²) in [6.45, 7) is 3.98. The van der Waals surface area contributed by atoms with Gasteiger partial charge in [0.2, 0.25) is 0 Å². The van der Waals surface area contributed by atoms with E-state index in [2.05, 4.69) is 22.6 Å². The van der Waals surface area contributed by atoms with E-state index in [1.54, 1.807) is 6.20 Å². The molecule has 4 rings (SSSR count). The van der Waals surface area contributed by atoms with Gasteiger partial charge in [-0.1, -0.05) is 23.8 Å². The first-order chi connectivity index (χ1) is 13.5. The Balaban J connectivity index is 1.49. The maximum Gasteiger partial charge on any atom is 0.255 e. The smallest absolute Gasteiger partial charge is 0.255 e. The van der Waals surface area contributed by atoms with Crippen LogP contribution in [-0.2, 0) is 4.79 Å². The molecule has 0 aromatic heterocycles. The number of amides is 1. The van der Waals surface area contributed by atoms with Gasteiger partial charge in [0.1, 0.15) is 11.9 Å². The second kappa shape index (κ2) is 7.66. The fraction of sp³-hybridized carbons (Fsp3) is 0.318. The summed E-state index contributed by atoms with van der Waals surface area (Å²) in [6, 6.07) is 13.4. The zero-order valence-corrected chi connectivity index (χ0v) is 16.1. The Hall–Kier alpha value is -2.83. The molecule has 2 aromatic carbocycles. The van der Waals surface area contributed by atoms with E-state index in [0.29, 0.717) is 11.1 Å². The van der Waals surface area contributed by atoms with Crippen molar-refractivity contribution in [3.05, 3.63) is 65.4 Å². The van der Waals surface area contributed by atoms with E-state index in [4.69, 9.17) is 4.74 Å². The molecular formula is C22H25N3O3. The molecule has 3 N–H and O–H groups in total. The number of likely N-dealkylation sites (N-methyl/N-ethyl adjacent to an activating group) is 1. The van der Waals surface area contributed by atoms with Gasteiger partial charge in [0, 0.05) is 30.5 Å². The molecule has 6 nitrogen and oxygen atoms in total. The number of anilines is 1. The lowest BCUT2D eigenvalue weighted by Gasteiger charge is -2.25. The Morgan fingerprint density at radius 2 is 2.04 bits per heavy atom. The SMILES string of the molecule is Cc1ccc2c(c1)/C(=C/Nc1ccc(OC3CCN(C)C3)cc1)C(=O)NC2O. The Labute approximate surface area is 164 Å². The van der Waals surface area contributed by atoms with Gasteiger partial charge in [-0.2, -0.15) is 0 Å². The summed E-state index contributed by atoms with van der Waals surface area (Å²) in [4.78, 5) is 14.6. The number of ether oxygens (including phenoxy) is 1. The fourth-order valence-electron chi connectivity index (χ4n) is 3.66. The standard InChI is InChI=1S/C22H25N3O3/c1-14-3-8-18-19(11-14)20(22(27)24-21(18)26)12-23-15-4-6-16(7-5-15)28-17-9-10-25(2)13-17/h3-8,11-12,17,21,23,26H,9-10,13H2,1-2H3,(H,24,27)/b20-12-. The quantitative estimate of drug-likeness (QED) is 0.713. The Morgan fingerprint density at radius 1 is 1.25 bits per heavy atom. The molecule has 0 bridgehead atoms. The molecule has 1 fully saturated rings. The lowest BCUT2D eigenvalue weighted by atomic mass is 9.93. The molecule has 1 saturated heterocycles. The third kappa shape index (κ3) is 3.88. The van der Waals surface area contributed by atoms with Gasteiger partial charge >= 0.3 is 0 Å². The number of benzene rings is 2. The number of rotatable bonds is 4. The number of hydrogen-bond acceptors (Lipinski definition) is 5. The molecule has 0 radical (unpaired) electrons. The first-order valence-electron chi connectivity index (χ1n) is 9.51. The summed E-state index contributed by atoms with van der Waals surface area (Å²) in [5.74, 6) is 0.543. The van der Waals surface area contributed by atoms with Gasteiger partial charge in [0.15, 0.2) is 6.23 Å². The molecule has 2 aliphatic heterocycles. The van der Waals surface area contributed by atoms with Crippen molar-refractivity contribution in [2.24, 2.45) is 0 Å². The van der Waals surface area contributed by atoms with Crippen LogP contribution in [0, 0.1) is 6.92 Å². The number of hydrogen-bond donors (Lipinski definition) is 3. The number of nitrogens with zero attached hydrogens (tertiary/aromatic N) is 1. The third-order valence-electron chi connectivity index (χ3n) is 5.19. The molecule has 28 heavy (non-hydrogen) atoms. The highest BCUT2D eigenvalue weighted by Gasteiger charge is 2.27. The molecule has 6 heteroatoms. The van der Waals surface area contributed by atoms with E-state index >= 15 is 0 Å². The van der Waals surface area contributed by atoms with Crippen LogP contribution in [0.2, 0.25) is 0 Å². The summed E-state index contributed by atoms with van der Waals surface area (Å²) < 4.78 is 6.01. The average molecular weight is 379 g/mol. The van der Waals surface area contributed by atoms with Gasteiger partial charge < -0.3 is 25.4 Å². The number of nitrogens with one attached hydrogen (secondary N) is 2. The van der Waals surface area contributed by atoms with Crippen molar-refractivity contribution in [3.8, 4) is 5.75 Å². The van der Waals surface area contributed by atoms with Crippen molar-refractivity contribution in [1.82, 2.24) is 10.2 Å². The first-order valence-corrected chi connectivity index (χ1v) is 9.51. The molecular weight excluding hydrogens is 354 g/mol. The number of carbonyl (C=O) groups is 1. The second-order valence-corrected chi connectivity index (χ2v) is 7.48. The number of fused-ring (bicyclic) bond motifs is 1. The zero-order chi connectivity index (χ0) is 19.7. The highest BCUT2D eigenvalue weighted by molar-refractivity contribution is 6.21. The predicted molar refractivity (Wildman–Crippen MR) is 109 cm³/mol. The molecule has 0 aliphatic carbocycles. The van der Waals surface area contributed by atoms with Gasteiger partial charge in [0.25, 0.3) is 5.91 Å². The summed E-state index contributed by atoms with van der Waals surface area (Å²) in [5.41, 5.74) is 3.83. The van der Waals surface area contributed by atoms with Gasteiger partial charge in [-0.15, -0.1) is 0 Å². The van der Waals surface area contributed by atoms with Gasteiger partial charge in [0.05, 0.1) is 5.57 Å². The van der Waals surface area contributed by atoms with Crippen molar-refractivity contribution in [2.75, 3.05) is 25.5 Å². The topological polar surface area (TPSA) is 73.8 Å². The Bertz CT molecular complexity index is 908. The molecule has 2 unspecified atom stereocenters. The predicted octanol–water partition coefficient (Wildman–Crippen LogP) is 2.65. The summed E-state index contributed by atoms with van der Waals surface area (Å²) >= 11 is 0. The van der Waals surface area contributed by atoms with Crippen molar-refractivity contribution in [3.63, 3.8) is 0 Å². The van der Waals surface area contributed by atoms with Crippen LogP contribution in [0.4, 0.5) is 5.69 Å². The third-order valence-corrected chi connectivity index (χ3v) is 5.19. The lowest BCUT2D eigenvalue weighted by molar-refractivity contribution is -0.119. The lowest BCUT2D eigenvalue weighted by Crippen LogP contribution is -2.34. The van der Waals surface area contributed by atoms with Crippen LogP contribution in [-0.4, -0.2) is 42.2 Å². The summed E-state index contributed by atoms with van der Waals surface area (Å²) in [7, 11) is 2.10. The highest BCUT2D eigenvalue weighted by atomic mass is 16.5. The average Bonchev–Trinajstić information content (AvgIpc) is 3.07. The normalized spacial score (nSPS) is 23.4. The highest BCUT2D eigenvalue weighted by Crippen LogP contribution is 2.30. The molecule has 2 atom stereocenters. The molecule has 146 valence electrons. The van der Waals surface area contributed by atoms with Crippen LogP contribution >= 0.6 is 0 Å².